The normalized spacial score (nSPS) is 37.8. The summed E-state index contributed by atoms with van der Waals surface area (Å²) in [7, 11) is 0. The highest BCUT2D eigenvalue weighted by atomic mass is 16.5. The SMILES string of the molecule is C=CC[C@]12CC(C)(C)C=C1OCC[C@@H]2C. The number of ether oxygens (including phenoxy) is 1. The lowest BCUT2D eigenvalue weighted by molar-refractivity contribution is 0.0201. The first-order valence-electron chi connectivity index (χ1n) is 5.97. The van der Waals surface area contributed by atoms with Gasteiger partial charge in [-0.05, 0) is 36.7 Å². The van der Waals surface area contributed by atoms with Crippen molar-refractivity contribution in [2.45, 2.75) is 40.0 Å². The molecule has 0 saturated carbocycles. The molecule has 0 aromatic carbocycles. The van der Waals surface area contributed by atoms with E-state index in [-0.39, 0.29) is 10.8 Å². The summed E-state index contributed by atoms with van der Waals surface area (Å²) in [6, 6.07) is 0. The zero-order valence-corrected chi connectivity index (χ0v) is 10.2. The third-order valence-corrected chi connectivity index (χ3v) is 4.04. The van der Waals surface area contributed by atoms with Gasteiger partial charge in [-0.25, -0.2) is 0 Å². The first kappa shape index (κ1) is 10.8. The quantitative estimate of drug-likeness (QED) is 0.622. The Morgan fingerprint density at radius 2 is 2.33 bits per heavy atom. The van der Waals surface area contributed by atoms with Gasteiger partial charge >= 0.3 is 0 Å². The fourth-order valence-corrected chi connectivity index (χ4v) is 3.31. The zero-order valence-electron chi connectivity index (χ0n) is 10.2. The maximum absolute atomic E-state index is 5.88. The number of allylic oxidation sites excluding steroid dienone is 3. The van der Waals surface area contributed by atoms with Gasteiger partial charge < -0.3 is 4.74 Å². The van der Waals surface area contributed by atoms with Crippen LogP contribution in [-0.2, 0) is 4.74 Å². The van der Waals surface area contributed by atoms with Crippen LogP contribution >= 0.6 is 0 Å². The van der Waals surface area contributed by atoms with Crippen molar-refractivity contribution in [1.29, 1.82) is 0 Å². The minimum absolute atomic E-state index is 0.253. The fraction of sp³-hybridized carbons (Fsp3) is 0.714. The molecule has 84 valence electrons. The van der Waals surface area contributed by atoms with Crippen LogP contribution in [0.2, 0.25) is 0 Å². The van der Waals surface area contributed by atoms with Crippen molar-refractivity contribution in [1.82, 2.24) is 0 Å². The topological polar surface area (TPSA) is 9.23 Å². The Kier molecular flexibility index (Phi) is 2.44. The third kappa shape index (κ3) is 1.62. The summed E-state index contributed by atoms with van der Waals surface area (Å²) in [5.41, 5.74) is 0.542. The standard InChI is InChI=1S/C14H22O/c1-5-7-14-10-13(3,4)9-12(14)15-8-6-11(14)2/h5,9,11H,1,6-8,10H2,2-4H3/t11-,14+/m0/s1. The van der Waals surface area contributed by atoms with Crippen molar-refractivity contribution in [3.8, 4) is 0 Å². The minimum Gasteiger partial charge on any atom is -0.498 e. The van der Waals surface area contributed by atoms with E-state index in [4.69, 9.17) is 4.74 Å². The van der Waals surface area contributed by atoms with Gasteiger partial charge in [0, 0.05) is 5.41 Å². The highest BCUT2D eigenvalue weighted by molar-refractivity contribution is 5.24. The molecule has 1 fully saturated rings. The van der Waals surface area contributed by atoms with Crippen LogP contribution in [0.1, 0.15) is 40.0 Å². The van der Waals surface area contributed by atoms with E-state index in [2.05, 4.69) is 39.5 Å². The van der Waals surface area contributed by atoms with Crippen LogP contribution in [0.4, 0.5) is 0 Å². The number of fused-ring (bicyclic) bond motifs is 1. The first-order valence-corrected chi connectivity index (χ1v) is 5.97. The van der Waals surface area contributed by atoms with E-state index in [1.165, 1.54) is 18.6 Å². The van der Waals surface area contributed by atoms with E-state index in [0.29, 0.717) is 0 Å². The molecule has 0 aromatic rings. The van der Waals surface area contributed by atoms with E-state index in [9.17, 15) is 0 Å². The van der Waals surface area contributed by atoms with Gasteiger partial charge in [-0.15, -0.1) is 6.58 Å². The van der Waals surface area contributed by atoms with E-state index >= 15 is 0 Å². The Morgan fingerprint density at radius 3 is 3.00 bits per heavy atom. The van der Waals surface area contributed by atoms with Gasteiger partial charge in [-0.2, -0.15) is 0 Å². The van der Waals surface area contributed by atoms with Gasteiger partial charge in [0.2, 0.25) is 0 Å². The molecule has 0 aromatic heterocycles. The summed E-state index contributed by atoms with van der Waals surface area (Å²) < 4.78 is 5.88. The summed E-state index contributed by atoms with van der Waals surface area (Å²) in [6.07, 6.45) is 7.85. The minimum atomic E-state index is 0.253. The first-order chi connectivity index (χ1) is 7.00. The second-order valence-corrected chi connectivity index (χ2v) is 5.86. The molecule has 1 heterocycles. The summed E-state index contributed by atoms with van der Waals surface area (Å²) >= 11 is 0. The highest BCUT2D eigenvalue weighted by Crippen LogP contribution is 2.57. The number of rotatable bonds is 2. The molecule has 15 heavy (non-hydrogen) atoms. The molecule has 2 aliphatic rings. The average molecular weight is 206 g/mol. The van der Waals surface area contributed by atoms with Gasteiger partial charge in [-0.3, -0.25) is 0 Å². The van der Waals surface area contributed by atoms with Crippen molar-refractivity contribution in [3.05, 3.63) is 24.5 Å². The van der Waals surface area contributed by atoms with E-state index in [0.717, 1.165) is 18.9 Å². The van der Waals surface area contributed by atoms with Crippen molar-refractivity contribution in [2.24, 2.45) is 16.7 Å². The van der Waals surface area contributed by atoms with Gasteiger partial charge in [0.15, 0.2) is 0 Å². The van der Waals surface area contributed by atoms with E-state index in [1.54, 1.807) is 0 Å². The second-order valence-electron chi connectivity index (χ2n) is 5.86. The van der Waals surface area contributed by atoms with Gasteiger partial charge in [0.05, 0.1) is 12.4 Å². The van der Waals surface area contributed by atoms with Crippen LogP contribution in [0, 0.1) is 16.7 Å². The zero-order chi connectivity index (χ0) is 11.1. The Balaban J connectivity index is 2.36. The summed E-state index contributed by atoms with van der Waals surface area (Å²) in [5.74, 6) is 1.96. The maximum atomic E-state index is 5.88. The van der Waals surface area contributed by atoms with Crippen LogP contribution in [-0.4, -0.2) is 6.61 Å². The van der Waals surface area contributed by atoms with Crippen molar-refractivity contribution < 1.29 is 4.74 Å². The van der Waals surface area contributed by atoms with Crippen LogP contribution in [0.5, 0.6) is 0 Å². The molecule has 2 rings (SSSR count). The lowest BCUT2D eigenvalue weighted by Crippen LogP contribution is -2.35. The van der Waals surface area contributed by atoms with E-state index in [1.807, 2.05) is 0 Å². The molecular weight excluding hydrogens is 184 g/mol. The summed E-state index contributed by atoms with van der Waals surface area (Å²) in [6.45, 7) is 11.8. The van der Waals surface area contributed by atoms with Crippen molar-refractivity contribution in [3.63, 3.8) is 0 Å². The Bertz CT molecular complexity index is 300. The van der Waals surface area contributed by atoms with Crippen LogP contribution in [0.25, 0.3) is 0 Å². The molecule has 0 spiro atoms. The lowest BCUT2D eigenvalue weighted by atomic mass is 9.67. The number of hydrogen-bond donors (Lipinski definition) is 0. The molecular formula is C14H22O. The van der Waals surface area contributed by atoms with Crippen LogP contribution in [0.3, 0.4) is 0 Å². The smallest absolute Gasteiger partial charge is 0.0993 e. The van der Waals surface area contributed by atoms with Gasteiger partial charge in [0.1, 0.15) is 0 Å². The van der Waals surface area contributed by atoms with E-state index < -0.39 is 0 Å². The molecule has 0 bridgehead atoms. The Labute approximate surface area is 93.2 Å². The molecule has 0 unspecified atom stereocenters. The monoisotopic (exact) mass is 206 g/mol. The molecule has 1 heteroatoms. The predicted molar refractivity (Wildman–Crippen MR) is 63.5 cm³/mol. The highest BCUT2D eigenvalue weighted by Gasteiger charge is 2.50. The Morgan fingerprint density at radius 1 is 1.60 bits per heavy atom. The van der Waals surface area contributed by atoms with Crippen LogP contribution < -0.4 is 0 Å². The molecule has 0 N–H and O–H groups in total. The maximum Gasteiger partial charge on any atom is 0.0993 e. The van der Waals surface area contributed by atoms with Crippen molar-refractivity contribution in [2.75, 3.05) is 6.61 Å². The van der Waals surface area contributed by atoms with Crippen LogP contribution in [0.15, 0.2) is 24.5 Å². The predicted octanol–water partition coefficient (Wildman–Crippen LogP) is 3.92. The van der Waals surface area contributed by atoms with Gasteiger partial charge in [0.25, 0.3) is 0 Å². The molecule has 2 atom stereocenters. The molecule has 1 nitrogen and oxygen atoms in total. The van der Waals surface area contributed by atoms with Crippen molar-refractivity contribution >= 4 is 0 Å². The lowest BCUT2D eigenvalue weighted by Gasteiger charge is -2.42. The third-order valence-electron chi connectivity index (χ3n) is 4.04. The van der Waals surface area contributed by atoms with Gasteiger partial charge in [-0.1, -0.05) is 26.8 Å². The molecule has 1 aliphatic carbocycles. The molecule has 1 aliphatic heterocycles. The summed E-state index contributed by atoms with van der Waals surface area (Å²) in [5, 5.41) is 0. The molecule has 1 saturated heterocycles. The average Bonchev–Trinajstić information content (AvgIpc) is 2.39. The molecule has 0 radical (unpaired) electrons. The second kappa shape index (κ2) is 3.40. The largest absolute Gasteiger partial charge is 0.498 e. The number of hydrogen-bond acceptors (Lipinski definition) is 1. The molecule has 0 amide bonds. The summed E-state index contributed by atoms with van der Waals surface area (Å²) in [4.78, 5) is 0. The fourth-order valence-electron chi connectivity index (χ4n) is 3.31. The Hall–Kier alpha value is -0.720.